The molecule has 0 aliphatic carbocycles. The van der Waals surface area contributed by atoms with Crippen molar-refractivity contribution in [2.45, 2.75) is 19.5 Å². The van der Waals surface area contributed by atoms with E-state index in [4.69, 9.17) is 0 Å². The molecule has 2 heterocycles. The van der Waals surface area contributed by atoms with Gasteiger partial charge in [0.2, 0.25) is 0 Å². The molecule has 0 amide bonds. The Morgan fingerprint density at radius 2 is 2.18 bits per heavy atom. The summed E-state index contributed by atoms with van der Waals surface area (Å²) in [6.45, 7) is 5.21. The van der Waals surface area contributed by atoms with Crippen molar-refractivity contribution >= 4 is 0 Å². The fourth-order valence-electron chi connectivity index (χ4n) is 2.68. The first-order chi connectivity index (χ1) is 8.27. The second-order valence-corrected chi connectivity index (χ2v) is 4.75. The fraction of sp³-hybridized carbons (Fsp3) is 0.462. The number of hydrogen-bond donors (Lipinski definition) is 1. The van der Waals surface area contributed by atoms with E-state index in [2.05, 4.69) is 17.1 Å². The van der Waals surface area contributed by atoms with Gasteiger partial charge in [-0.2, -0.15) is 0 Å². The van der Waals surface area contributed by atoms with E-state index in [1.807, 2.05) is 24.3 Å². The molecule has 1 N–H and O–H groups in total. The molecular formula is C13H17FN3. The zero-order valence-electron chi connectivity index (χ0n) is 9.99. The topological polar surface area (TPSA) is 18.5 Å². The lowest BCUT2D eigenvalue weighted by Crippen LogP contribution is -2.53. The minimum absolute atomic E-state index is 0.336. The van der Waals surface area contributed by atoms with Gasteiger partial charge in [0.1, 0.15) is 0 Å². The van der Waals surface area contributed by atoms with Crippen molar-refractivity contribution in [1.29, 1.82) is 0 Å². The average molecular weight is 234 g/mol. The van der Waals surface area contributed by atoms with Gasteiger partial charge in [0.15, 0.2) is 6.17 Å². The van der Waals surface area contributed by atoms with E-state index < -0.39 is 0 Å². The number of nitrogens with one attached hydrogen (secondary N) is 1. The number of halogens is 1. The van der Waals surface area contributed by atoms with Crippen LogP contribution in [0.2, 0.25) is 0 Å². The van der Waals surface area contributed by atoms with E-state index >= 15 is 0 Å². The highest BCUT2D eigenvalue weighted by atomic mass is 19.2. The van der Waals surface area contributed by atoms with Gasteiger partial charge >= 0.3 is 0 Å². The molecule has 91 valence electrons. The van der Waals surface area contributed by atoms with Gasteiger partial charge in [-0.05, 0) is 18.1 Å². The number of rotatable bonds is 1. The normalized spacial score (nSPS) is 27.3. The molecule has 17 heavy (non-hydrogen) atoms. The first kappa shape index (κ1) is 11.1. The molecule has 4 heteroatoms. The van der Waals surface area contributed by atoms with Crippen LogP contribution in [0.3, 0.4) is 0 Å². The van der Waals surface area contributed by atoms with E-state index in [-0.39, 0.29) is 0 Å². The third-order valence-electron chi connectivity index (χ3n) is 3.57. The number of piperazine rings is 1. The third-order valence-corrected chi connectivity index (χ3v) is 3.57. The van der Waals surface area contributed by atoms with Gasteiger partial charge in [-0.15, -0.1) is 9.60 Å². The Hall–Kier alpha value is -0.970. The molecule has 0 spiro atoms. The van der Waals surface area contributed by atoms with Crippen molar-refractivity contribution in [2.24, 2.45) is 0 Å². The van der Waals surface area contributed by atoms with Crippen LogP contribution < -0.4 is 5.32 Å². The Labute approximate surface area is 101 Å². The van der Waals surface area contributed by atoms with Crippen LogP contribution in [0.1, 0.15) is 18.1 Å². The number of fused-ring (bicyclic) bond motifs is 1. The smallest absolute Gasteiger partial charge is 0.168 e. The van der Waals surface area contributed by atoms with Crippen molar-refractivity contribution < 1.29 is 4.48 Å². The zero-order chi connectivity index (χ0) is 11.8. The average Bonchev–Trinajstić information content (AvgIpc) is 2.66. The SMILES string of the molecule is CC1CNCCN1[C]1c2ccccc2CN1F. The Balaban J connectivity index is 1.92. The summed E-state index contributed by atoms with van der Waals surface area (Å²) in [5.41, 5.74) is 2.12. The number of hydrogen-bond acceptors (Lipinski definition) is 3. The minimum Gasteiger partial charge on any atom is -0.314 e. The molecule has 0 saturated carbocycles. The van der Waals surface area contributed by atoms with Crippen LogP contribution in [0.4, 0.5) is 4.48 Å². The van der Waals surface area contributed by atoms with Gasteiger partial charge < -0.3 is 5.32 Å². The van der Waals surface area contributed by atoms with E-state index in [0.717, 1.165) is 42.0 Å². The lowest BCUT2D eigenvalue weighted by Gasteiger charge is -2.38. The van der Waals surface area contributed by atoms with Crippen LogP contribution >= 0.6 is 0 Å². The molecule has 1 atom stereocenters. The van der Waals surface area contributed by atoms with Gasteiger partial charge in [0.25, 0.3) is 0 Å². The van der Waals surface area contributed by atoms with Crippen molar-refractivity contribution in [3.63, 3.8) is 0 Å². The van der Waals surface area contributed by atoms with Crippen LogP contribution in [-0.2, 0) is 6.54 Å². The molecule has 1 unspecified atom stereocenters. The van der Waals surface area contributed by atoms with E-state index in [1.54, 1.807) is 0 Å². The predicted molar refractivity (Wildman–Crippen MR) is 64.5 cm³/mol. The maximum atomic E-state index is 14.1. The standard InChI is InChI=1S/C13H17FN3/c1-10-8-15-6-7-16(10)13-12-5-3-2-4-11(12)9-17(13)14/h2-5,10,15H,6-9H2,1H3. The molecule has 1 saturated heterocycles. The van der Waals surface area contributed by atoms with Crippen LogP contribution in [0.15, 0.2) is 24.3 Å². The molecule has 1 aromatic rings. The van der Waals surface area contributed by atoms with E-state index in [9.17, 15) is 4.48 Å². The summed E-state index contributed by atoms with van der Waals surface area (Å²) in [5, 5.41) is 4.21. The minimum atomic E-state index is 0.336. The lowest BCUT2D eigenvalue weighted by molar-refractivity contribution is -0.0213. The first-order valence-electron chi connectivity index (χ1n) is 6.13. The Bertz CT molecular complexity index is 409. The monoisotopic (exact) mass is 234 g/mol. The Kier molecular flexibility index (Phi) is 2.86. The zero-order valence-corrected chi connectivity index (χ0v) is 9.99. The summed E-state index contributed by atoms with van der Waals surface area (Å²) in [4.78, 5) is 2.17. The highest BCUT2D eigenvalue weighted by Gasteiger charge is 2.39. The largest absolute Gasteiger partial charge is 0.314 e. The second-order valence-electron chi connectivity index (χ2n) is 4.75. The molecule has 0 aromatic heterocycles. The molecule has 1 radical (unpaired) electrons. The molecule has 2 aliphatic rings. The Morgan fingerprint density at radius 1 is 1.35 bits per heavy atom. The van der Waals surface area contributed by atoms with Gasteiger partial charge in [-0.3, -0.25) is 4.90 Å². The van der Waals surface area contributed by atoms with Crippen molar-refractivity contribution in [3.05, 3.63) is 41.6 Å². The highest BCUT2D eigenvalue weighted by molar-refractivity contribution is 5.41. The molecular weight excluding hydrogens is 217 g/mol. The maximum absolute atomic E-state index is 14.1. The number of nitrogens with zero attached hydrogens (tertiary/aromatic N) is 2. The molecule has 0 bridgehead atoms. The lowest BCUT2D eigenvalue weighted by atomic mass is 10.1. The summed E-state index contributed by atoms with van der Waals surface area (Å²) in [7, 11) is 0. The Morgan fingerprint density at radius 3 is 3.00 bits per heavy atom. The molecule has 1 aromatic carbocycles. The fourth-order valence-corrected chi connectivity index (χ4v) is 2.68. The highest BCUT2D eigenvalue weighted by Crippen LogP contribution is 2.36. The van der Waals surface area contributed by atoms with Crippen LogP contribution in [-0.4, -0.2) is 35.7 Å². The van der Waals surface area contributed by atoms with Crippen molar-refractivity contribution in [3.8, 4) is 0 Å². The van der Waals surface area contributed by atoms with Crippen LogP contribution in [0.5, 0.6) is 0 Å². The van der Waals surface area contributed by atoms with Gasteiger partial charge in [0.05, 0.1) is 6.54 Å². The van der Waals surface area contributed by atoms with Crippen molar-refractivity contribution in [2.75, 3.05) is 19.6 Å². The van der Waals surface area contributed by atoms with Gasteiger partial charge in [-0.1, -0.05) is 24.3 Å². The summed E-state index contributed by atoms with van der Waals surface area (Å²) in [6.07, 6.45) is 0.745. The molecule has 3 rings (SSSR count). The first-order valence-corrected chi connectivity index (χ1v) is 6.13. The quantitative estimate of drug-likeness (QED) is 0.743. The third kappa shape index (κ3) is 1.86. The summed E-state index contributed by atoms with van der Waals surface area (Å²) in [6, 6.07) is 8.30. The van der Waals surface area contributed by atoms with Crippen LogP contribution in [0, 0.1) is 6.17 Å². The van der Waals surface area contributed by atoms with Crippen LogP contribution in [0.25, 0.3) is 0 Å². The molecule has 2 aliphatic heterocycles. The van der Waals surface area contributed by atoms with Crippen molar-refractivity contribution in [1.82, 2.24) is 15.3 Å². The summed E-state index contributed by atoms with van der Waals surface area (Å²) in [5.74, 6) is 0. The van der Waals surface area contributed by atoms with Gasteiger partial charge in [-0.25, -0.2) is 0 Å². The van der Waals surface area contributed by atoms with E-state index in [1.165, 1.54) is 0 Å². The predicted octanol–water partition coefficient (Wildman–Crippen LogP) is 1.52. The summed E-state index contributed by atoms with van der Waals surface area (Å²) < 4.78 is 14.1. The maximum Gasteiger partial charge on any atom is 0.168 e. The summed E-state index contributed by atoms with van der Waals surface area (Å²) >= 11 is 0. The molecule has 3 nitrogen and oxygen atoms in total. The van der Waals surface area contributed by atoms with E-state index in [0.29, 0.717) is 12.6 Å². The van der Waals surface area contributed by atoms with Gasteiger partial charge in [0, 0.05) is 25.7 Å². The second kappa shape index (κ2) is 4.37. The molecule has 1 fully saturated rings. The number of benzene rings is 1.